The molecule has 0 saturated heterocycles. The van der Waals surface area contributed by atoms with Crippen LogP contribution in [0.15, 0.2) is 24.3 Å². The van der Waals surface area contributed by atoms with Gasteiger partial charge < -0.3 is 5.73 Å². The summed E-state index contributed by atoms with van der Waals surface area (Å²) in [6.07, 6.45) is -1.72. The first kappa shape index (κ1) is 11.1. The van der Waals surface area contributed by atoms with Crippen molar-refractivity contribution in [1.29, 1.82) is 0 Å². The highest BCUT2D eigenvalue weighted by Crippen LogP contribution is 2.11. The molecule has 0 bridgehead atoms. The van der Waals surface area contributed by atoms with Crippen molar-refractivity contribution in [2.24, 2.45) is 5.73 Å². The first-order valence-electron chi connectivity index (χ1n) is 4.69. The third kappa shape index (κ3) is 3.83. The zero-order chi connectivity index (χ0) is 10.6. The molecule has 0 aliphatic rings. The maximum atomic E-state index is 12.1. The second-order valence-electron chi connectivity index (χ2n) is 3.60. The Morgan fingerprint density at radius 1 is 1.21 bits per heavy atom. The molecule has 0 aliphatic heterocycles. The Morgan fingerprint density at radius 2 is 1.79 bits per heavy atom. The van der Waals surface area contributed by atoms with Crippen LogP contribution in [-0.4, -0.2) is 12.5 Å². The van der Waals surface area contributed by atoms with Gasteiger partial charge in [-0.25, -0.2) is 8.78 Å². The Kier molecular flexibility index (Phi) is 4.01. The van der Waals surface area contributed by atoms with Gasteiger partial charge in [-0.05, 0) is 24.5 Å². The molecule has 0 heterocycles. The summed E-state index contributed by atoms with van der Waals surface area (Å²) in [5.41, 5.74) is 7.33. The van der Waals surface area contributed by atoms with E-state index in [1.165, 1.54) is 0 Å². The molecule has 1 rings (SSSR count). The number of nitrogens with two attached hydrogens (primary N) is 1. The topological polar surface area (TPSA) is 26.0 Å². The van der Waals surface area contributed by atoms with E-state index in [1.54, 1.807) is 18.2 Å². The summed E-state index contributed by atoms with van der Waals surface area (Å²) in [4.78, 5) is 0. The molecule has 0 amide bonds. The van der Waals surface area contributed by atoms with E-state index in [4.69, 9.17) is 5.73 Å². The number of halogens is 2. The minimum absolute atomic E-state index is 0.0665. The Bertz CT molecular complexity index is 259. The molecule has 0 aliphatic carbocycles. The molecule has 3 heteroatoms. The van der Waals surface area contributed by atoms with E-state index in [-0.39, 0.29) is 12.5 Å². The summed E-state index contributed by atoms with van der Waals surface area (Å²) in [5, 5.41) is 0. The van der Waals surface area contributed by atoms with E-state index in [1.807, 2.05) is 13.0 Å². The van der Waals surface area contributed by atoms with Crippen LogP contribution in [0.1, 0.15) is 18.1 Å². The van der Waals surface area contributed by atoms with E-state index in [9.17, 15) is 8.78 Å². The van der Waals surface area contributed by atoms with E-state index in [0.717, 1.165) is 12.0 Å². The lowest BCUT2D eigenvalue weighted by Crippen LogP contribution is -2.17. The molecule has 0 saturated carbocycles. The number of rotatable bonds is 4. The molecule has 0 aromatic heterocycles. The van der Waals surface area contributed by atoms with Crippen LogP contribution in [0.2, 0.25) is 0 Å². The van der Waals surface area contributed by atoms with Crippen LogP contribution in [0, 0.1) is 0 Å². The maximum Gasteiger partial charge on any atom is 0.242 e. The molecule has 1 unspecified atom stereocenters. The Hall–Kier alpha value is -0.960. The van der Waals surface area contributed by atoms with Crippen LogP contribution in [-0.2, 0) is 12.8 Å². The lowest BCUT2D eigenvalue weighted by molar-refractivity contribution is 0.149. The van der Waals surface area contributed by atoms with E-state index >= 15 is 0 Å². The molecular weight excluding hydrogens is 184 g/mol. The van der Waals surface area contributed by atoms with Crippen LogP contribution >= 0.6 is 0 Å². The third-order valence-corrected chi connectivity index (χ3v) is 1.94. The largest absolute Gasteiger partial charge is 0.328 e. The number of benzene rings is 1. The van der Waals surface area contributed by atoms with Gasteiger partial charge in [0.15, 0.2) is 0 Å². The van der Waals surface area contributed by atoms with Crippen LogP contribution < -0.4 is 5.73 Å². The first-order chi connectivity index (χ1) is 6.58. The first-order valence-corrected chi connectivity index (χ1v) is 4.69. The summed E-state index contributed by atoms with van der Waals surface area (Å²) in [5.74, 6) is 0. The number of alkyl halides is 2. The standard InChI is InChI=1S/C11H15F2N/c1-8(14)5-9-3-2-4-10(6-9)7-11(12)13/h2-4,6,8,11H,5,7,14H2,1H3. The molecule has 0 spiro atoms. The fourth-order valence-corrected chi connectivity index (χ4v) is 1.43. The monoisotopic (exact) mass is 199 g/mol. The predicted octanol–water partition coefficient (Wildman–Crippen LogP) is 2.38. The van der Waals surface area contributed by atoms with Crippen LogP contribution in [0.3, 0.4) is 0 Å². The minimum atomic E-state index is -2.28. The van der Waals surface area contributed by atoms with Gasteiger partial charge in [0.05, 0.1) is 0 Å². The van der Waals surface area contributed by atoms with Crippen molar-refractivity contribution >= 4 is 0 Å². The van der Waals surface area contributed by atoms with Crippen molar-refractivity contribution in [1.82, 2.24) is 0 Å². The summed E-state index contributed by atoms with van der Waals surface area (Å²) in [7, 11) is 0. The quantitative estimate of drug-likeness (QED) is 0.791. The molecule has 1 nitrogen and oxygen atoms in total. The van der Waals surface area contributed by atoms with Gasteiger partial charge >= 0.3 is 0 Å². The third-order valence-electron chi connectivity index (χ3n) is 1.94. The molecule has 0 fully saturated rings. The normalized spacial score (nSPS) is 13.2. The highest BCUT2D eigenvalue weighted by molar-refractivity contribution is 5.24. The second-order valence-corrected chi connectivity index (χ2v) is 3.60. The number of hydrogen-bond acceptors (Lipinski definition) is 1. The van der Waals surface area contributed by atoms with E-state index < -0.39 is 6.43 Å². The van der Waals surface area contributed by atoms with Crippen LogP contribution in [0.5, 0.6) is 0 Å². The van der Waals surface area contributed by atoms with Crippen LogP contribution in [0.4, 0.5) is 8.78 Å². The van der Waals surface area contributed by atoms with Gasteiger partial charge in [-0.3, -0.25) is 0 Å². The summed E-state index contributed by atoms with van der Waals surface area (Å²) >= 11 is 0. The van der Waals surface area contributed by atoms with E-state index in [0.29, 0.717) is 5.56 Å². The Balaban J connectivity index is 2.68. The van der Waals surface area contributed by atoms with Gasteiger partial charge in [-0.1, -0.05) is 24.3 Å². The van der Waals surface area contributed by atoms with Gasteiger partial charge in [0.25, 0.3) is 0 Å². The van der Waals surface area contributed by atoms with Gasteiger partial charge in [-0.15, -0.1) is 0 Å². The molecule has 1 aromatic rings. The van der Waals surface area contributed by atoms with Crippen molar-refractivity contribution < 1.29 is 8.78 Å². The van der Waals surface area contributed by atoms with Crippen molar-refractivity contribution in [3.05, 3.63) is 35.4 Å². The summed E-state index contributed by atoms with van der Waals surface area (Å²) in [6, 6.07) is 7.30. The average molecular weight is 199 g/mol. The fourth-order valence-electron chi connectivity index (χ4n) is 1.43. The van der Waals surface area contributed by atoms with Crippen molar-refractivity contribution in [2.45, 2.75) is 32.2 Å². The highest BCUT2D eigenvalue weighted by Gasteiger charge is 2.05. The molecule has 1 aromatic carbocycles. The molecule has 2 N–H and O–H groups in total. The molecule has 0 radical (unpaired) electrons. The van der Waals surface area contributed by atoms with Gasteiger partial charge in [0.2, 0.25) is 6.43 Å². The second kappa shape index (κ2) is 5.05. The minimum Gasteiger partial charge on any atom is -0.328 e. The summed E-state index contributed by atoms with van der Waals surface area (Å²) < 4.78 is 24.2. The lowest BCUT2D eigenvalue weighted by atomic mass is 10.0. The van der Waals surface area contributed by atoms with Crippen molar-refractivity contribution in [3.63, 3.8) is 0 Å². The number of hydrogen-bond donors (Lipinski definition) is 1. The zero-order valence-corrected chi connectivity index (χ0v) is 8.21. The molecule has 14 heavy (non-hydrogen) atoms. The van der Waals surface area contributed by atoms with Crippen molar-refractivity contribution in [3.8, 4) is 0 Å². The smallest absolute Gasteiger partial charge is 0.242 e. The maximum absolute atomic E-state index is 12.1. The Morgan fingerprint density at radius 3 is 2.29 bits per heavy atom. The molecular formula is C11H15F2N. The van der Waals surface area contributed by atoms with Gasteiger partial charge in [0.1, 0.15) is 0 Å². The van der Waals surface area contributed by atoms with Crippen molar-refractivity contribution in [2.75, 3.05) is 0 Å². The predicted molar refractivity (Wildman–Crippen MR) is 53.5 cm³/mol. The van der Waals surface area contributed by atoms with Gasteiger partial charge in [-0.2, -0.15) is 0 Å². The highest BCUT2D eigenvalue weighted by atomic mass is 19.3. The SMILES string of the molecule is CC(N)Cc1cccc(CC(F)F)c1. The Labute approximate surface area is 82.9 Å². The average Bonchev–Trinajstić information content (AvgIpc) is 2.01. The van der Waals surface area contributed by atoms with Gasteiger partial charge in [0, 0.05) is 12.5 Å². The molecule has 1 atom stereocenters. The summed E-state index contributed by atoms with van der Waals surface area (Å²) in [6.45, 7) is 1.90. The molecule has 78 valence electrons. The van der Waals surface area contributed by atoms with E-state index in [2.05, 4.69) is 0 Å². The van der Waals surface area contributed by atoms with Crippen LogP contribution in [0.25, 0.3) is 0 Å². The lowest BCUT2D eigenvalue weighted by Gasteiger charge is -2.07. The fraction of sp³-hybridized carbons (Fsp3) is 0.455. The zero-order valence-electron chi connectivity index (χ0n) is 8.21.